The van der Waals surface area contributed by atoms with E-state index in [1.807, 2.05) is 0 Å². The third-order valence-corrected chi connectivity index (χ3v) is 7.57. The van der Waals surface area contributed by atoms with E-state index in [1.54, 1.807) is 18.7 Å². The molecule has 0 bridgehead atoms. The third kappa shape index (κ3) is 5.70. The van der Waals surface area contributed by atoms with Crippen LogP contribution in [0.3, 0.4) is 0 Å². The smallest absolute Gasteiger partial charge is 0.223 e. The highest BCUT2D eigenvalue weighted by molar-refractivity contribution is 7.91. The summed E-state index contributed by atoms with van der Waals surface area (Å²) in [5.41, 5.74) is 6.17. The van der Waals surface area contributed by atoms with Gasteiger partial charge in [-0.15, -0.1) is 0 Å². The van der Waals surface area contributed by atoms with E-state index >= 15 is 0 Å². The fraction of sp³-hybridized carbons (Fsp3) is 0.632. The van der Waals surface area contributed by atoms with Crippen LogP contribution in [-0.4, -0.2) is 49.4 Å². The lowest BCUT2D eigenvalue weighted by Gasteiger charge is -2.35. The van der Waals surface area contributed by atoms with Gasteiger partial charge in [-0.3, -0.25) is 4.79 Å². The maximum absolute atomic E-state index is 13.8. The number of hydrogen-bond donors (Lipinski definition) is 1. The molecule has 9 heteroatoms. The molecule has 1 saturated heterocycles. The molecule has 5 nitrogen and oxygen atoms in total. The molecule has 2 N–H and O–H groups in total. The fourth-order valence-electron chi connectivity index (χ4n) is 3.34. The van der Waals surface area contributed by atoms with Gasteiger partial charge in [0.05, 0.1) is 11.0 Å². The number of carbonyl (C=O) groups excluding carboxylic acids is 1. The van der Waals surface area contributed by atoms with Gasteiger partial charge in [0.2, 0.25) is 5.91 Å². The van der Waals surface area contributed by atoms with E-state index in [-0.39, 0.29) is 36.0 Å². The monoisotopic (exact) mass is 420 g/mol. The lowest BCUT2D eigenvalue weighted by Crippen LogP contribution is -2.44. The van der Waals surface area contributed by atoms with Gasteiger partial charge in [-0.2, -0.15) is 0 Å². The van der Waals surface area contributed by atoms with E-state index in [4.69, 9.17) is 5.73 Å². The Morgan fingerprint density at radius 1 is 1.14 bits per heavy atom. The summed E-state index contributed by atoms with van der Waals surface area (Å²) in [5, 5.41) is -0.513. The van der Waals surface area contributed by atoms with E-state index in [9.17, 15) is 26.4 Å². The van der Waals surface area contributed by atoms with Crippen LogP contribution in [0.15, 0.2) is 12.1 Å². The van der Waals surface area contributed by atoms with Crippen LogP contribution >= 0.6 is 0 Å². The van der Waals surface area contributed by atoms with Gasteiger partial charge in [0.15, 0.2) is 21.5 Å². The first-order chi connectivity index (χ1) is 13.0. The molecule has 1 aliphatic heterocycles. The summed E-state index contributed by atoms with van der Waals surface area (Å²) in [6.07, 6.45) is 1.22. The van der Waals surface area contributed by atoms with Crippen LogP contribution in [0.2, 0.25) is 0 Å². The molecule has 1 fully saturated rings. The molecule has 1 atom stereocenters. The highest BCUT2D eigenvalue weighted by Crippen LogP contribution is 2.24. The maximum Gasteiger partial charge on any atom is 0.223 e. The molecule has 2 rings (SSSR count). The van der Waals surface area contributed by atoms with Crippen molar-refractivity contribution in [1.82, 2.24) is 4.90 Å². The zero-order valence-electron chi connectivity index (χ0n) is 16.1. The molecule has 28 heavy (non-hydrogen) atoms. The zero-order valence-corrected chi connectivity index (χ0v) is 16.9. The lowest BCUT2D eigenvalue weighted by molar-refractivity contribution is -0.132. The highest BCUT2D eigenvalue weighted by atomic mass is 32.2. The molecule has 0 aromatic heterocycles. The van der Waals surface area contributed by atoms with E-state index in [2.05, 4.69) is 0 Å². The third-order valence-electron chi connectivity index (χ3n) is 5.36. The van der Waals surface area contributed by atoms with Crippen molar-refractivity contribution in [3.05, 3.63) is 35.1 Å². The van der Waals surface area contributed by atoms with Gasteiger partial charge < -0.3 is 10.6 Å². The van der Waals surface area contributed by atoms with Crippen molar-refractivity contribution in [3.8, 4) is 0 Å². The molecule has 0 aliphatic carbocycles. The number of nitrogens with zero attached hydrogens (tertiary/aromatic N) is 1. The second-order valence-electron chi connectivity index (χ2n) is 7.61. The summed E-state index contributed by atoms with van der Waals surface area (Å²) in [7, 11) is -3.26. The average molecular weight is 420 g/mol. The van der Waals surface area contributed by atoms with Gasteiger partial charge in [-0.25, -0.2) is 21.6 Å². The van der Waals surface area contributed by atoms with Crippen molar-refractivity contribution in [3.63, 3.8) is 0 Å². The minimum atomic E-state index is -3.26. The summed E-state index contributed by atoms with van der Waals surface area (Å²) in [5.74, 6) is -3.54. The molecule has 1 heterocycles. The number of hydrogen-bond acceptors (Lipinski definition) is 4. The molecule has 158 valence electrons. The molecule has 1 aliphatic rings. The number of amides is 1. The summed E-state index contributed by atoms with van der Waals surface area (Å²) < 4.78 is 63.8. The molecule has 0 radical (unpaired) electrons. The number of piperidine rings is 1. The Bertz CT molecular complexity index is 807. The van der Waals surface area contributed by atoms with E-state index < -0.39 is 38.6 Å². The summed E-state index contributed by atoms with van der Waals surface area (Å²) in [4.78, 5) is 13.9. The Morgan fingerprint density at radius 3 is 2.29 bits per heavy atom. The number of likely N-dealkylation sites (tertiary alicyclic amines) is 1. The summed E-state index contributed by atoms with van der Waals surface area (Å²) >= 11 is 0. The lowest BCUT2D eigenvalue weighted by atomic mass is 9.86. The number of carbonyl (C=O) groups is 1. The molecule has 1 aromatic rings. The summed E-state index contributed by atoms with van der Waals surface area (Å²) in [6.45, 7) is 4.06. The molecule has 1 aromatic carbocycles. The van der Waals surface area contributed by atoms with Crippen LogP contribution in [0.4, 0.5) is 13.2 Å². The number of halogens is 3. The number of nitrogens with two attached hydrogens (primary N) is 1. The van der Waals surface area contributed by atoms with Gasteiger partial charge in [0.25, 0.3) is 0 Å². The first-order valence-corrected chi connectivity index (χ1v) is 11.1. The standard InChI is InChI=1S/C19H27F3N2O3S/c1-12(2)28(26,27)8-5-19(25)24-6-3-13(4-7-24)18(23)10-14-9-16(21)17(22)11-15(14)20/h9,11-13,18H,3-8,10,23H2,1-2H3/t18-/m1/s1. The average Bonchev–Trinajstić information content (AvgIpc) is 2.64. The Morgan fingerprint density at radius 2 is 1.71 bits per heavy atom. The topological polar surface area (TPSA) is 80.5 Å². The largest absolute Gasteiger partial charge is 0.343 e. The van der Waals surface area contributed by atoms with Crippen LogP contribution in [0.25, 0.3) is 0 Å². The predicted molar refractivity (Wildman–Crippen MR) is 101 cm³/mol. The van der Waals surface area contributed by atoms with Crippen molar-refractivity contribution in [1.29, 1.82) is 0 Å². The van der Waals surface area contributed by atoms with Crippen molar-refractivity contribution in [2.45, 2.75) is 50.8 Å². The fourth-order valence-corrected chi connectivity index (χ4v) is 4.27. The SMILES string of the molecule is CC(C)S(=O)(=O)CCC(=O)N1CCC([C@H](N)Cc2cc(F)c(F)cc2F)CC1. The van der Waals surface area contributed by atoms with Crippen LogP contribution in [0, 0.1) is 23.4 Å². The van der Waals surface area contributed by atoms with Crippen LogP contribution < -0.4 is 5.73 Å². The second kappa shape index (κ2) is 9.26. The van der Waals surface area contributed by atoms with Gasteiger partial charge in [-0.05, 0) is 50.7 Å². The molecule has 0 spiro atoms. The Kier molecular flexibility index (Phi) is 7.50. The maximum atomic E-state index is 13.8. The van der Waals surface area contributed by atoms with Crippen molar-refractivity contribution < 1.29 is 26.4 Å². The first kappa shape index (κ1) is 22.7. The Labute approximate surface area is 164 Å². The molecular formula is C19H27F3N2O3S. The normalized spacial score (nSPS) is 17.2. The molecule has 1 amide bonds. The van der Waals surface area contributed by atoms with Gasteiger partial charge in [-0.1, -0.05) is 0 Å². The Hall–Kier alpha value is -1.61. The van der Waals surface area contributed by atoms with Crippen LogP contribution in [0.1, 0.15) is 38.7 Å². The Balaban J connectivity index is 1.86. The van der Waals surface area contributed by atoms with E-state index in [0.29, 0.717) is 32.0 Å². The van der Waals surface area contributed by atoms with Gasteiger partial charge in [0, 0.05) is 31.6 Å². The van der Waals surface area contributed by atoms with Gasteiger partial charge in [0.1, 0.15) is 5.82 Å². The number of rotatable bonds is 7. The van der Waals surface area contributed by atoms with E-state index in [0.717, 1.165) is 6.07 Å². The number of sulfone groups is 1. The van der Waals surface area contributed by atoms with E-state index in [1.165, 1.54) is 0 Å². The predicted octanol–water partition coefficient (Wildman–Crippen LogP) is 2.43. The minimum absolute atomic E-state index is 0.0101. The van der Waals surface area contributed by atoms with Crippen molar-refractivity contribution in [2.75, 3.05) is 18.8 Å². The highest BCUT2D eigenvalue weighted by Gasteiger charge is 2.28. The molecule has 0 unspecified atom stereocenters. The second-order valence-corrected chi connectivity index (χ2v) is 10.3. The van der Waals surface area contributed by atoms with Crippen molar-refractivity contribution in [2.24, 2.45) is 11.7 Å². The molecule has 0 saturated carbocycles. The van der Waals surface area contributed by atoms with Crippen LogP contribution in [0.5, 0.6) is 0 Å². The quantitative estimate of drug-likeness (QED) is 0.687. The van der Waals surface area contributed by atoms with Crippen LogP contribution in [-0.2, 0) is 21.1 Å². The zero-order chi connectivity index (χ0) is 21.1. The first-order valence-electron chi connectivity index (χ1n) is 9.39. The minimum Gasteiger partial charge on any atom is -0.343 e. The number of benzene rings is 1. The molecular weight excluding hydrogens is 393 g/mol. The van der Waals surface area contributed by atoms with Crippen molar-refractivity contribution >= 4 is 15.7 Å². The van der Waals surface area contributed by atoms with Gasteiger partial charge >= 0.3 is 0 Å². The summed E-state index contributed by atoms with van der Waals surface area (Å²) in [6, 6.07) is 0.903.